The van der Waals surface area contributed by atoms with Gasteiger partial charge in [-0.1, -0.05) is 17.7 Å². The Morgan fingerprint density at radius 1 is 1.50 bits per heavy atom. The van der Waals surface area contributed by atoms with Crippen molar-refractivity contribution < 1.29 is 4.74 Å². The van der Waals surface area contributed by atoms with E-state index in [-0.39, 0.29) is 10.8 Å². The number of rotatable bonds is 4. The maximum absolute atomic E-state index is 6.40. The Morgan fingerprint density at radius 3 is 2.85 bits per heavy atom. The third-order valence-electron chi connectivity index (χ3n) is 3.69. The van der Waals surface area contributed by atoms with Gasteiger partial charge >= 0.3 is 0 Å². The molecule has 0 saturated carbocycles. The fourth-order valence-electron chi connectivity index (χ4n) is 2.79. The lowest BCUT2D eigenvalue weighted by Crippen LogP contribution is -2.46. The Balaban J connectivity index is 2.33. The zero-order chi connectivity index (χ0) is 14.8. The molecule has 0 aliphatic carbocycles. The Bertz CT molecular complexity index is 467. The molecule has 5 heteroatoms. The normalized spacial score (nSPS) is 20.6. The Kier molecular flexibility index (Phi) is 5.24. The molecule has 0 spiro atoms. The SMILES string of the molecule is COc1cccc(Cl)c1C(CN)N1CCSC(C)(C)C1. The maximum atomic E-state index is 6.40. The summed E-state index contributed by atoms with van der Waals surface area (Å²) in [5.41, 5.74) is 7.07. The molecule has 1 saturated heterocycles. The summed E-state index contributed by atoms with van der Waals surface area (Å²) in [6.45, 7) is 7.14. The summed E-state index contributed by atoms with van der Waals surface area (Å²) in [5, 5.41) is 0.732. The van der Waals surface area contributed by atoms with E-state index in [1.54, 1.807) is 7.11 Å². The number of hydrogen-bond donors (Lipinski definition) is 1. The number of halogens is 1. The van der Waals surface area contributed by atoms with Crippen LogP contribution in [0, 0.1) is 0 Å². The van der Waals surface area contributed by atoms with Gasteiger partial charge < -0.3 is 10.5 Å². The van der Waals surface area contributed by atoms with Crippen molar-refractivity contribution in [2.75, 3.05) is 32.5 Å². The van der Waals surface area contributed by atoms with Crippen molar-refractivity contribution in [2.45, 2.75) is 24.6 Å². The van der Waals surface area contributed by atoms with Crippen LogP contribution in [0.1, 0.15) is 25.5 Å². The molecule has 0 amide bonds. The van der Waals surface area contributed by atoms with Crippen LogP contribution in [0.2, 0.25) is 5.02 Å². The molecule has 2 rings (SSSR count). The summed E-state index contributed by atoms with van der Waals surface area (Å²) >= 11 is 8.42. The molecule has 1 heterocycles. The van der Waals surface area contributed by atoms with E-state index in [1.807, 2.05) is 30.0 Å². The van der Waals surface area contributed by atoms with Crippen LogP contribution >= 0.6 is 23.4 Å². The van der Waals surface area contributed by atoms with Gasteiger partial charge in [-0.2, -0.15) is 11.8 Å². The van der Waals surface area contributed by atoms with Crippen molar-refractivity contribution in [2.24, 2.45) is 5.73 Å². The molecule has 1 aliphatic rings. The lowest BCUT2D eigenvalue weighted by molar-refractivity contribution is 0.189. The third-order valence-corrected chi connectivity index (χ3v) is 5.31. The Morgan fingerprint density at radius 2 is 2.25 bits per heavy atom. The number of nitrogens with two attached hydrogens (primary N) is 1. The molecule has 112 valence electrons. The van der Waals surface area contributed by atoms with Gasteiger partial charge in [0, 0.05) is 40.7 Å². The largest absolute Gasteiger partial charge is 0.496 e. The number of ether oxygens (including phenoxy) is 1. The lowest BCUT2D eigenvalue weighted by Gasteiger charge is -2.42. The fourth-order valence-corrected chi connectivity index (χ4v) is 4.21. The van der Waals surface area contributed by atoms with E-state index in [1.165, 1.54) is 0 Å². The average molecular weight is 315 g/mol. The zero-order valence-electron chi connectivity index (χ0n) is 12.4. The molecule has 1 fully saturated rings. The Labute approximate surface area is 130 Å². The van der Waals surface area contributed by atoms with E-state index in [2.05, 4.69) is 18.7 Å². The van der Waals surface area contributed by atoms with Crippen LogP contribution in [-0.4, -0.2) is 42.1 Å². The minimum Gasteiger partial charge on any atom is -0.496 e. The van der Waals surface area contributed by atoms with Gasteiger partial charge in [0.2, 0.25) is 0 Å². The summed E-state index contributed by atoms with van der Waals surface area (Å²) in [5.74, 6) is 1.94. The molecular weight excluding hydrogens is 292 g/mol. The second-order valence-electron chi connectivity index (χ2n) is 5.69. The Hall–Kier alpha value is -0.420. The third kappa shape index (κ3) is 3.42. The highest BCUT2D eigenvalue weighted by molar-refractivity contribution is 8.00. The van der Waals surface area contributed by atoms with E-state index in [4.69, 9.17) is 22.1 Å². The first-order valence-corrected chi connectivity index (χ1v) is 8.25. The van der Waals surface area contributed by atoms with E-state index in [9.17, 15) is 0 Å². The maximum Gasteiger partial charge on any atom is 0.125 e. The molecule has 0 aromatic heterocycles. The molecule has 2 N–H and O–H groups in total. The van der Waals surface area contributed by atoms with Crippen LogP contribution in [0.25, 0.3) is 0 Å². The topological polar surface area (TPSA) is 38.5 Å². The van der Waals surface area contributed by atoms with Gasteiger partial charge in [0.1, 0.15) is 5.75 Å². The molecule has 1 aromatic rings. The monoisotopic (exact) mass is 314 g/mol. The van der Waals surface area contributed by atoms with Crippen molar-refractivity contribution >= 4 is 23.4 Å². The van der Waals surface area contributed by atoms with Crippen LogP contribution in [0.15, 0.2) is 18.2 Å². The molecular formula is C15H23ClN2OS. The minimum absolute atomic E-state index is 0.110. The molecule has 0 bridgehead atoms. The van der Waals surface area contributed by atoms with Gasteiger partial charge in [-0.15, -0.1) is 0 Å². The van der Waals surface area contributed by atoms with Crippen molar-refractivity contribution in [3.8, 4) is 5.75 Å². The quantitative estimate of drug-likeness (QED) is 0.926. The minimum atomic E-state index is 0.110. The second kappa shape index (κ2) is 6.56. The summed E-state index contributed by atoms with van der Waals surface area (Å²) in [7, 11) is 1.68. The van der Waals surface area contributed by atoms with Crippen molar-refractivity contribution in [3.63, 3.8) is 0 Å². The van der Waals surface area contributed by atoms with Crippen LogP contribution in [0.5, 0.6) is 5.75 Å². The number of thioether (sulfide) groups is 1. The summed E-state index contributed by atoms with van der Waals surface area (Å²) in [6.07, 6.45) is 0. The number of nitrogens with zero attached hydrogens (tertiary/aromatic N) is 1. The van der Waals surface area contributed by atoms with Crippen LogP contribution < -0.4 is 10.5 Å². The smallest absolute Gasteiger partial charge is 0.125 e. The van der Waals surface area contributed by atoms with Crippen molar-refractivity contribution in [1.82, 2.24) is 4.90 Å². The summed E-state index contributed by atoms with van der Waals surface area (Å²) in [4.78, 5) is 2.43. The molecule has 20 heavy (non-hydrogen) atoms. The molecule has 3 nitrogen and oxygen atoms in total. The summed E-state index contributed by atoms with van der Waals surface area (Å²) < 4.78 is 5.73. The van der Waals surface area contributed by atoms with Gasteiger partial charge in [0.15, 0.2) is 0 Å². The lowest BCUT2D eigenvalue weighted by atomic mass is 10.0. The van der Waals surface area contributed by atoms with Gasteiger partial charge in [-0.05, 0) is 26.0 Å². The first-order valence-electron chi connectivity index (χ1n) is 6.89. The number of hydrogen-bond acceptors (Lipinski definition) is 4. The van der Waals surface area contributed by atoms with E-state index >= 15 is 0 Å². The highest BCUT2D eigenvalue weighted by atomic mass is 35.5. The standard InChI is InChI=1S/C15H23ClN2OS/c1-15(2)10-18(7-8-20-15)12(9-17)14-11(16)5-4-6-13(14)19-3/h4-6,12H,7-10,17H2,1-3H3. The predicted octanol–water partition coefficient (Wildman–Crippen LogP) is 3.18. The number of benzene rings is 1. The second-order valence-corrected chi connectivity index (χ2v) is 7.90. The van der Waals surface area contributed by atoms with Crippen LogP contribution in [0.4, 0.5) is 0 Å². The molecule has 0 radical (unpaired) electrons. The molecule has 1 atom stereocenters. The average Bonchev–Trinajstić information content (AvgIpc) is 2.40. The molecule has 1 unspecified atom stereocenters. The predicted molar refractivity (Wildman–Crippen MR) is 87.9 cm³/mol. The fraction of sp³-hybridized carbons (Fsp3) is 0.600. The summed E-state index contributed by atoms with van der Waals surface area (Å²) in [6, 6.07) is 5.88. The van der Waals surface area contributed by atoms with E-state index in [0.29, 0.717) is 6.54 Å². The van der Waals surface area contributed by atoms with Crippen LogP contribution in [0.3, 0.4) is 0 Å². The van der Waals surface area contributed by atoms with Gasteiger partial charge in [-0.3, -0.25) is 4.90 Å². The van der Waals surface area contributed by atoms with Gasteiger partial charge in [0.25, 0.3) is 0 Å². The van der Waals surface area contributed by atoms with Crippen LogP contribution in [-0.2, 0) is 0 Å². The highest BCUT2D eigenvalue weighted by Gasteiger charge is 2.33. The molecule has 1 aromatic carbocycles. The first kappa shape index (κ1) is 16.0. The first-order chi connectivity index (χ1) is 9.48. The highest BCUT2D eigenvalue weighted by Crippen LogP contribution is 2.39. The van der Waals surface area contributed by atoms with E-state index in [0.717, 1.165) is 35.2 Å². The van der Waals surface area contributed by atoms with E-state index < -0.39 is 0 Å². The molecule has 1 aliphatic heterocycles. The van der Waals surface area contributed by atoms with Crippen molar-refractivity contribution in [1.29, 1.82) is 0 Å². The zero-order valence-corrected chi connectivity index (χ0v) is 13.9. The van der Waals surface area contributed by atoms with Gasteiger partial charge in [0.05, 0.1) is 13.2 Å². The van der Waals surface area contributed by atoms with Gasteiger partial charge in [-0.25, -0.2) is 0 Å². The van der Waals surface area contributed by atoms with Crippen molar-refractivity contribution in [3.05, 3.63) is 28.8 Å². The number of methoxy groups -OCH3 is 1.